The van der Waals surface area contributed by atoms with Gasteiger partial charge in [-0.15, -0.1) is 0 Å². The Bertz CT molecular complexity index is 104. The van der Waals surface area contributed by atoms with Gasteiger partial charge in [-0.1, -0.05) is 77.0 Å². The zero-order chi connectivity index (χ0) is 12.1. The van der Waals surface area contributed by atoms with Gasteiger partial charge in [-0.3, -0.25) is 0 Å². The summed E-state index contributed by atoms with van der Waals surface area (Å²) in [5.74, 6) is 0.167. The molecule has 0 heterocycles. The van der Waals surface area contributed by atoms with Crippen LogP contribution in [0.3, 0.4) is 0 Å². The molecule has 0 amide bonds. The van der Waals surface area contributed by atoms with Crippen molar-refractivity contribution in [2.75, 3.05) is 0 Å². The van der Waals surface area contributed by atoms with E-state index in [1.165, 1.54) is 90.9 Å². The van der Waals surface area contributed by atoms with Gasteiger partial charge in [0.2, 0.25) is 0 Å². The van der Waals surface area contributed by atoms with Crippen LogP contribution in [-0.4, -0.2) is 5.78 Å². The van der Waals surface area contributed by atoms with Gasteiger partial charge >= 0.3 is 0 Å². The average Bonchev–Trinajstić information content (AvgIpc) is 2.34. The van der Waals surface area contributed by atoms with E-state index in [4.69, 9.17) is 0 Å². The van der Waals surface area contributed by atoms with Gasteiger partial charge in [0.1, 0.15) is 5.78 Å². The van der Waals surface area contributed by atoms with Crippen LogP contribution in [0.2, 0.25) is 0 Å². The summed E-state index contributed by atoms with van der Waals surface area (Å²) >= 11 is 0. The number of ketones is 1. The Hall–Kier alpha value is -0.330. The second-order valence-corrected chi connectivity index (χ2v) is 5.15. The molecule has 0 aliphatic heterocycles. The van der Waals surface area contributed by atoms with E-state index in [0.29, 0.717) is 0 Å². The fourth-order valence-corrected chi connectivity index (χ4v) is 2.12. The van der Waals surface area contributed by atoms with Gasteiger partial charge in [0.05, 0.1) is 0 Å². The van der Waals surface area contributed by atoms with Crippen LogP contribution in [0.1, 0.15) is 90.9 Å². The number of carbonyl (C=O) groups is 1. The highest BCUT2D eigenvalue weighted by Crippen LogP contribution is 2.15. The van der Waals surface area contributed by atoms with Crippen LogP contribution < -0.4 is 0 Å². The van der Waals surface area contributed by atoms with E-state index >= 15 is 0 Å². The van der Waals surface area contributed by atoms with Gasteiger partial charge in [0.15, 0.2) is 0 Å². The number of Topliss-reactive ketones (excluding diaryl/α,β-unsaturated/α-hetero) is 1. The third-order valence-corrected chi connectivity index (χ3v) is 3.00. The van der Waals surface area contributed by atoms with Crippen LogP contribution >= 0.6 is 0 Å². The summed E-state index contributed by atoms with van der Waals surface area (Å²) in [6.07, 6.45) is 18.0. The first-order valence-corrected chi connectivity index (χ1v) is 7.20. The zero-order valence-electron chi connectivity index (χ0n) is 11.4. The van der Waals surface area contributed by atoms with E-state index in [0.717, 1.165) is 0 Å². The molecular weight excluding hydrogens is 196 g/mol. The van der Waals surface area contributed by atoms with Crippen LogP contribution in [0, 0.1) is 0 Å². The zero-order valence-corrected chi connectivity index (χ0v) is 11.4. The maximum Gasteiger partial charge on any atom is 0.126 e. The van der Waals surface area contributed by atoms with Crippen LogP contribution in [0.4, 0.5) is 0 Å². The molecule has 0 spiro atoms. The quantitative estimate of drug-likeness (QED) is 0.549. The molecule has 16 heavy (non-hydrogen) atoms. The monoisotopic (exact) mass is 226 g/mol. The molecule has 0 aromatic carbocycles. The average molecular weight is 226 g/mol. The number of hydrogen-bond acceptors (Lipinski definition) is 1. The Kier molecular flexibility index (Phi) is 12.5. The van der Waals surface area contributed by atoms with Crippen molar-refractivity contribution in [3.8, 4) is 0 Å². The predicted molar refractivity (Wildman–Crippen MR) is 71.8 cm³/mol. The fourth-order valence-electron chi connectivity index (χ4n) is 2.12. The molecule has 0 N–H and O–H groups in total. The first-order valence-electron chi connectivity index (χ1n) is 7.20. The highest BCUT2D eigenvalue weighted by atomic mass is 16.1. The summed E-state index contributed by atoms with van der Waals surface area (Å²) in [5.41, 5.74) is 0. The van der Waals surface area contributed by atoms with Gasteiger partial charge in [0.25, 0.3) is 0 Å². The van der Waals surface area contributed by atoms with Crippen LogP contribution in [0.15, 0.2) is 0 Å². The van der Waals surface area contributed by atoms with Crippen LogP contribution in [0.5, 0.6) is 0 Å². The lowest BCUT2D eigenvalue weighted by molar-refractivity contribution is -0.114. The largest absolute Gasteiger partial charge is 0.300 e. The summed E-state index contributed by atoms with van der Waals surface area (Å²) in [7, 11) is 0. The maximum absolute atomic E-state index is 9.44. The van der Waals surface area contributed by atoms with Gasteiger partial charge in [-0.25, -0.2) is 0 Å². The molecule has 1 heteroatoms. The summed E-state index contributed by atoms with van der Waals surface area (Å²) < 4.78 is 0. The van der Waals surface area contributed by atoms with E-state index in [1.54, 1.807) is 0 Å². The van der Waals surface area contributed by atoms with E-state index in [9.17, 15) is 4.79 Å². The molecule has 0 aromatic rings. The number of rotatable bonds is 0. The van der Waals surface area contributed by atoms with Crippen molar-refractivity contribution in [2.45, 2.75) is 90.9 Å². The first-order chi connectivity index (χ1) is 7.73. The van der Waals surface area contributed by atoms with Crippen molar-refractivity contribution in [1.82, 2.24) is 0 Å². The Balaban J connectivity index is 0.000000217. The molecule has 2 saturated carbocycles. The number of carbonyl (C=O) groups excluding carboxylic acids is 1. The SMILES string of the molecule is C1CCCCC1.C1CCCCC1.CC(C)=O. The molecule has 2 aliphatic rings. The second-order valence-electron chi connectivity index (χ2n) is 5.15. The van der Waals surface area contributed by atoms with E-state index in [1.807, 2.05) is 0 Å². The minimum absolute atomic E-state index is 0.167. The first kappa shape index (κ1) is 15.7. The normalized spacial score (nSPS) is 19.6. The molecule has 0 radical (unpaired) electrons. The fraction of sp³-hybridized carbons (Fsp3) is 0.933. The van der Waals surface area contributed by atoms with Crippen LogP contribution in [0.25, 0.3) is 0 Å². The van der Waals surface area contributed by atoms with Crippen molar-refractivity contribution in [1.29, 1.82) is 0 Å². The van der Waals surface area contributed by atoms with Crippen LogP contribution in [-0.2, 0) is 4.79 Å². The minimum atomic E-state index is 0.167. The van der Waals surface area contributed by atoms with E-state index in [2.05, 4.69) is 0 Å². The molecule has 0 aromatic heterocycles. The van der Waals surface area contributed by atoms with Gasteiger partial charge in [-0.05, 0) is 13.8 Å². The Morgan fingerprint density at radius 3 is 0.625 bits per heavy atom. The third-order valence-electron chi connectivity index (χ3n) is 3.00. The van der Waals surface area contributed by atoms with Crippen molar-refractivity contribution in [3.63, 3.8) is 0 Å². The van der Waals surface area contributed by atoms with Crippen molar-refractivity contribution in [2.24, 2.45) is 0 Å². The molecular formula is C15H30O. The highest BCUT2D eigenvalue weighted by molar-refractivity contribution is 5.72. The van der Waals surface area contributed by atoms with Gasteiger partial charge < -0.3 is 4.79 Å². The van der Waals surface area contributed by atoms with Crippen molar-refractivity contribution >= 4 is 5.78 Å². The predicted octanol–water partition coefficient (Wildman–Crippen LogP) is 5.28. The number of hydrogen-bond donors (Lipinski definition) is 0. The molecule has 0 atom stereocenters. The lowest BCUT2D eigenvalue weighted by atomic mass is 10.0. The molecule has 0 bridgehead atoms. The third kappa shape index (κ3) is 16.1. The Labute approximate surface area is 102 Å². The molecule has 2 rings (SSSR count). The lowest BCUT2D eigenvalue weighted by Gasteiger charge is -2.05. The molecule has 1 nitrogen and oxygen atoms in total. The van der Waals surface area contributed by atoms with Crippen molar-refractivity contribution < 1.29 is 4.79 Å². The van der Waals surface area contributed by atoms with Crippen molar-refractivity contribution in [3.05, 3.63) is 0 Å². The summed E-state index contributed by atoms with van der Waals surface area (Å²) in [4.78, 5) is 9.44. The Morgan fingerprint density at radius 1 is 0.500 bits per heavy atom. The molecule has 0 saturated heterocycles. The molecule has 0 unspecified atom stereocenters. The van der Waals surface area contributed by atoms with Gasteiger partial charge in [-0.2, -0.15) is 0 Å². The smallest absolute Gasteiger partial charge is 0.126 e. The topological polar surface area (TPSA) is 17.1 Å². The standard InChI is InChI=1S/2C6H12.C3H6O/c2*1-2-4-6-5-3-1;1-3(2)4/h2*1-6H2;1-2H3. The maximum atomic E-state index is 9.44. The Morgan fingerprint density at radius 2 is 0.562 bits per heavy atom. The van der Waals surface area contributed by atoms with E-state index in [-0.39, 0.29) is 5.78 Å². The summed E-state index contributed by atoms with van der Waals surface area (Å²) in [5, 5.41) is 0. The van der Waals surface area contributed by atoms with Gasteiger partial charge in [0, 0.05) is 0 Å². The molecule has 2 aliphatic carbocycles. The summed E-state index contributed by atoms with van der Waals surface area (Å²) in [6, 6.07) is 0. The highest BCUT2D eigenvalue weighted by Gasteiger charge is 1.96. The lowest BCUT2D eigenvalue weighted by Crippen LogP contribution is -1.85. The second kappa shape index (κ2) is 12.7. The minimum Gasteiger partial charge on any atom is -0.300 e. The van der Waals surface area contributed by atoms with E-state index < -0.39 is 0 Å². The summed E-state index contributed by atoms with van der Waals surface area (Å²) in [6.45, 7) is 3.06. The molecule has 2 fully saturated rings. The molecule has 96 valence electrons.